The third-order valence-electron chi connectivity index (χ3n) is 2.50. The van der Waals surface area contributed by atoms with Crippen LogP contribution in [-0.2, 0) is 6.54 Å². The molecule has 2 rings (SSSR count). The maximum absolute atomic E-state index is 5.58. The first-order valence-electron chi connectivity index (χ1n) is 5.29. The van der Waals surface area contributed by atoms with Crippen molar-refractivity contribution >= 4 is 0 Å². The minimum atomic E-state index is 0.390. The molecule has 0 aliphatic heterocycles. The molecule has 1 heterocycles. The monoisotopic (exact) mass is 233 g/mol. The Morgan fingerprint density at radius 3 is 2.18 bits per heavy atom. The van der Waals surface area contributed by atoms with Gasteiger partial charge in [0.1, 0.15) is 23.0 Å². The van der Waals surface area contributed by atoms with Crippen molar-refractivity contribution in [3.8, 4) is 22.8 Å². The summed E-state index contributed by atoms with van der Waals surface area (Å²) in [5.41, 5.74) is 6.41. The Bertz CT molecular complexity index is 483. The topological polar surface area (TPSA) is 57.6 Å². The van der Waals surface area contributed by atoms with Gasteiger partial charge >= 0.3 is 0 Å². The molecule has 0 bridgehead atoms. The van der Waals surface area contributed by atoms with Gasteiger partial charge in [0.15, 0.2) is 0 Å². The van der Waals surface area contributed by atoms with Gasteiger partial charge in [-0.2, -0.15) is 0 Å². The highest BCUT2D eigenvalue weighted by Gasteiger charge is 2.07. The second kappa shape index (κ2) is 4.93. The Hall–Kier alpha value is -1.94. The molecule has 0 fully saturated rings. The fourth-order valence-electron chi connectivity index (χ4n) is 1.59. The van der Waals surface area contributed by atoms with Crippen LogP contribution < -0.4 is 15.2 Å². The van der Waals surface area contributed by atoms with Crippen LogP contribution in [-0.4, -0.2) is 14.2 Å². The van der Waals surface area contributed by atoms with Gasteiger partial charge in [-0.05, 0) is 24.3 Å². The Morgan fingerprint density at radius 2 is 1.71 bits per heavy atom. The predicted molar refractivity (Wildman–Crippen MR) is 65.1 cm³/mol. The van der Waals surface area contributed by atoms with Crippen molar-refractivity contribution in [2.24, 2.45) is 5.73 Å². The van der Waals surface area contributed by atoms with E-state index in [0.29, 0.717) is 6.54 Å². The molecule has 1 aromatic carbocycles. The highest BCUT2D eigenvalue weighted by atomic mass is 16.5. The largest absolute Gasteiger partial charge is 0.497 e. The summed E-state index contributed by atoms with van der Waals surface area (Å²) < 4.78 is 16.0. The lowest BCUT2D eigenvalue weighted by atomic mass is 10.1. The molecule has 4 nitrogen and oxygen atoms in total. The Labute approximate surface area is 99.9 Å². The van der Waals surface area contributed by atoms with Crippen LogP contribution in [0.5, 0.6) is 11.5 Å². The van der Waals surface area contributed by atoms with E-state index in [1.807, 2.05) is 30.3 Å². The summed E-state index contributed by atoms with van der Waals surface area (Å²) in [4.78, 5) is 0. The van der Waals surface area contributed by atoms with Crippen LogP contribution in [0.4, 0.5) is 0 Å². The number of methoxy groups -OCH3 is 2. The number of ether oxygens (including phenoxy) is 2. The predicted octanol–water partition coefficient (Wildman–Crippen LogP) is 2.42. The number of furan rings is 1. The van der Waals surface area contributed by atoms with Crippen molar-refractivity contribution in [2.75, 3.05) is 14.2 Å². The van der Waals surface area contributed by atoms with E-state index >= 15 is 0 Å². The fourth-order valence-corrected chi connectivity index (χ4v) is 1.59. The van der Waals surface area contributed by atoms with Crippen molar-refractivity contribution in [1.29, 1.82) is 0 Å². The molecular weight excluding hydrogens is 218 g/mol. The average molecular weight is 233 g/mol. The average Bonchev–Trinajstić information content (AvgIpc) is 2.86. The highest BCUT2D eigenvalue weighted by Crippen LogP contribution is 2.30. The molecule has 4 heteroatoms. The summed E-state index contributed by atoms with van der Waals surface area (Å²) in [7, 11) is 3.23. The molecule has 0 unspecified atom stereocenters. The van der Waals surface area contributed by atoms with Crippen LogP contribution in [0.3, 0.4) is 0 Å². The SMILES string of the molecule is COc1cc(OC)cc(-c2ccc(CN)o2)c1. The first kappa shape index (κ1) is 11.5. The summed E-state index contributed by atoms with van der Waals surface area (Å²) in [6.07, 6.45) is 0. The van der Waals surface area contributed by atoms with Crippen molar-refractivity contribution in [3.05, 3.63) is 36.1 Å². The number of rotatable bonds is 4. The van der Waals surface area contributed by atoms with Crippen LogP contribution in [0.2, 0.25) is 0 Å². The van der Waals surface area contributed by atoms with Crippen molar-refractivity contribution in [1.82, 2.24) is 0 Å². The van der Waals surface area contributed by atoms with Gasteiger partial charge < -0.3 is 19.6 Å². The van der Waals surface area contributed by atoms with E-state index in [4.69, 9.17) is 19.6 Å². The minimum Gasteiger partial charge on any atom is -0.497 e. The van der Waals surface area contributed by atoms with Gasteiger partial charge in [-0.25, -0.2) is 0 Å². The molecule has 0 amide bonds. The van der Waals surface area contributed by atoms with E-state index in [1.165, 1.54) is 0 Å². The third-order valence-corrected chi connectivity index (χ3v) is 2.50. The van der Waals surface area contributed by atoms with E-state index in [9.17, 15) is 0 Å². The van der Waals surface area contributed by atoms with Crippen molar-refractivity contribution in [3.63, 3.8) is 0 Å². The molecule has 2 N–H and O–H groups in total. The first-order valence-corrected chi connectivity index (χ1v) is 5.29. The summed E-state index contributed by atoms with van der Waals surface area (Å²) >= 11 is 0. The van der Waals surface area contributed by atoms with E-state index in [-0.39, 0.29) is 0 Å². The summed E-state index contributed by atoms with van der Waals surface area (Å²) in [6, 6.07) is 9.34. The maximum atomic E-state index is 5.58. The van der Waals surface area contributed by atoms with E-state index < -0.39 is 0 Å². The minimum absolute atomic E-state index is 0.390. The molecule has 0 saturated heterocycles. The van der Waals surface area contributed by atoms with Crippen LogP contribution in [0.15, 0.2) is 34.7 Å². The van der Waals surface area contributed by atoms with Gasteiger partial charge in [0, 0.05) is 11.6 Å². The summed E-state index contributed by atoms with van der Waals surface area (Å²) in [5, 5.41) is 0. The van der Waals surface area contributed by atoms with Crippen LogP contribution in [0.1, 0.15) is 5.76 Å². The normalized spacial score (nSPS) is 10.3. The Balaban J connectivity index is 2.43. The molecule has 0 aliphatic rings. The molecule has 2 aromatic rings. The number of benzene rings is 1. The van der Waals surface area contributed by atoms with Crippen LogP contribution >= 0.6 is 0 Å². The number of hydrogen-bond donors (Lipinski definition) is 1. The number of hydrogen-bond acceptors (Lipinski definition) is 4. The molecule has 90 valence electrons. The molecule has 0 atom stereocenters. The smallest absolute Gasteiger partial charge is 0.134 e. The molecule has 0 radical (unpaired) electrons. The molecule has 0 aliphatic carbocycles. The van der Waals surface area contributed by atoms with Gasteiger partial charge in [-0.15, -0.1) is 0 Å². The maximum Gasteiger partial charge on any atom is 0.134 e. The molecule has 17 heavy (non-hydrogen) atoms. The van der Waals surface area contributed by atoms with Gasteiger partial charge in [0.25, 0.3) is 0 Å². The van der Waals surface area contributed by atoms with Crippen molar-refractivity contribution < 1.29 is 13.9 Å². The second-order valence-corrected chi connectivity index (χ2v) is 3.57. The van der Waals surface area contributed by atoms with E-state index in [0.717, 1.165) is 28.6 Å². The zero-order chi connectivity index (χ0) is 12.3. The summed E-state index contributed by atoms with van der Waals surface area (Å²) in [5.74, 6) is 2.96. The second-order valence-electron chi connectivity index (χ2n) is 3.57. The lowest BCUT2D eigenvalue weighted by Gasteiger charge is -2.06. The van der Waals surface area contributed by atoms with Gasteiger partial charge in [0.2, 0.25) is 0 Å². The van der Waals surface area contributed by atoms with Gasteiger partial charge in [-0.3, -0.25) is 0 Å². The highest BCUT2D eigenvalue weighted by molar-refractivity contribution is 5.62. The standard InChI is InChI=1S/C13H15NO3/c1-15-11-5-9(6-12(7-11)16-2)13-4-3-10(8-14)17-13/h3-7H,8,14H2,1-2H3. The zero-order valence-electron chi connectivity index (χ0n) is 9.90. The van der Waals surface area contributed by atoms with E-state index in [2.05, 4.69) is 0 Å². The van der Waals surface area contributed by atoms with Crippen LogP contribution in [0.25, 0.3) is 11.3 Å². The molecular formula is C13H15NO3. The van der Waals surface area contributed by atoms with Gasteiger partial charge in [-0.1, -0.05) is 0 Å². The van der Waals surface area contributed by atoms with Gasteiger partial charge in [0.05, 0.1) is 20.8 Å². The fraction of sp³-hybridized carbons (Fsp3) is 0.231. The quantitative estimate of drug-likeness (QED) is 0.881. The molecule has 0 saturated carbocycles. The number of nitrogens with two attached hydrogens (primary N) is 1. The van der Waals surface area contributed by atoms with Crippen LogP contribution in [0, 0.1) is 0 Å². The van der Waals surface area contributed by atoms with Crippen molar-refractivity contribution in [2.45, 2.75) is 6.54 Å². The molecule has 1 aromatic heterocycles. The Kier molecular flexibility index (Phi) is 3.35. The molecule has 0 spiro atoms. The lowest BCUT2D eigenvalue weighted by molar-refractivity contribution is 0.394. The first-order chi connectivity index (χ1) is 8.26. The third kappa shape index (κ3) is 2.42. The Morgan fingerprint density at radius 1 is 1.06 bits per heavy atom. The summed E-state index contributed by atoms with van der Waals surface area (Å²) in [6.45, 7) is 0.390. The lowest BCUT2D eigenvalue weighted by Crippen LogP contribution is -1.92. The zero-order valence-corrected chi connectivity index (χ0v) is 9.90. The van der Waals surface area contributed by atoms with E-state index in [1.54, 1.807) is 14.2 Å².